The van der Waals surface area contributed by atoms with Crippen molar-refractivity contribution in [3.8, 4) is 11.5 Å². The summed E-state index contributed by atoms with van der Waals surface area (Å²) in [7, 11) is 0. The maximum atomic E-state index is 12.2. The number of carbonyl (C=O) groups excluding carboxylic acids is 1. The van der Waals surface area contributed by atoms with Gasteiger partial charge in [0.2, 0.25) is 0 Å². The summed E-state index contributed by atoms with van der Waals surface area (Å²) >= 11 is 0. The molecule has 3 heterocycles. The Balaban J connectivity index is 1.40. The van der Waals surface area contributed by atoms with Gasteiger partial charge in [0.1, 0.15) is 18.4 Å². The van der Waals surface area contributed by atoms with Gasteiger partial charge in [0, 0.05) is 6.20 Å². The van der Waals surface area contributed by atoms with E-state index in [4.69, 9.17) is 9.47 Å². The summed E-state index contributed by atoms with van der Waals surface area (Å²) in [5.41, 5.74) is 2.09. The smallest absolute Gasteiger partial charge is 0.267 e. The monoisotopic (exact) mass is 309 g/mol. The van der Waals surface area contributed by atoms with Crippen molar-refractivity contribution in [1.29, 1.82) is 0 Å². The molecule has 0 radical (unpaired) electrons. The number of para-hydroxylation sites is 2. The van der Waals surface area contributed by atoms with Crippen molar-refractivity contribution in [3.63, 3.8) is 0 Å². The van der Waals surface area contributed by atoms with Crippen LogP contribution in [0, 0.1) is 0 Å². The van der Waals surface area contributed by atoms with E-state index in [0.717, 1.165) is 16.8 Å². The molecule has 0 fully saturated rings. The molecule has 1 aliphatic heterocycles. The van der Waals surface area contributed by atoms with Gasteiger partial charge in [-0.3, -0.25) is 9.78 Å². The van der Waals surface area contributed by atoms with Gasteiger partial charge in [0.05, 0.1) is 17.6 Å². The van der Waals surface area contributed by atoms with Gasteiger partial charge in [-0.15, -0.1) is 0 Å². The van der Waals surface area contributed by atoms with Crippen molar-refractivity contribution in [3.05, 3.63) is 54.4 Å². The molecule has 4 rings (SSSR count). The van der Waals surface area contributed by atoms with Gasteiger partial charge in [-0.1, -0.05) is 12.1 Å². The second kappa shape index (κ2) is 5.64. The lowest BCUT2D eigenvalue weighted by Gasteiger charge is -2.26. The Labute approximate surface area is 132 Å². The first-order valence-electron chi connectivity index (χ1n) is 7.40. The number of nitrogens with zero attached hydrogens (tertiary/aromatic N) is 1. The fraction of sp³-hybridized carbons (Fsp3) is 0.176. The van der Waals surface area contributed by atoms with Crippen molar-refractivity contribution in [2.75, 3.05) is 13.2 Å². The van der Waals surface area contributed by atoms with E-state index in [1.807, 2.05) is 36.4 Å². The number of aromatic nitrogens is 2. The van der Waals surface area contributed by atoms with E-state index < -0.39 is 0 Å². The highest BCUT2D eigenvalue weighted by Gasteiger charge is 2.21. The molecule has 0 bridgehead atoms. The molecule has 1 atom stereocenters. The molecule has 2 aromatic heterocycles. The van der Waals surface area contributed by atoms with E-state index in [-0.39, 0.29) is 12.0 Å². The number of fused-ring (bicyclic) bond motifs is 2. The molecule has 1 aromatic carbocycles. The van der Waals surface area contributed by atoms with Crippen LogP contribution in [0.2, 0.25) is 0 Å². The predicted octanol–water partition coefficient (Wildman–Crippen LogP) is 2.13. The van der Waals surface area contributed by atoms with Gasteiger partial charge in [-0.25, -0.2) is 0 Å². The summed E-state index contributed by atoms with van der Waals surface area (Å²) in [5.74, 6) is 1.25. The molecular formula is C17H15N3O3. The molecule has 1 aliphatic rings. The lowest BCUT2D eigenvalue weighted by Crippen LogP contribution is -2.40. The molecule has 0 saturated heterocycles. The lowest BCUT2D eigenvalue weighted by molar-refractivity contribution is 0.0787. The number of rotatable bonds is 3. The molecule has 6 nitrogen and oxygen atoms in total. The van der Waals surface area contributed by atoms with Crippen molar-refractivity contribution < 1.29 is 14.3 Å². The van der Waals surface area contributed by atoms with Crippen LogP contribution in [0.4, 0.5) is 0 Å². The van der Waals surface area contributed by atoms with Gasteiger partial charge >= 0.3 is 0 Å². The largest absolute Gasteiger partial charge is 0.486 e. The number of carbonyl (C=O) groups is 1. The number of benzene rings is 1. The Morgan fingerprint density at radius 2 is 2.13 bits per heavy atom. The van der Waals surface area contributed by atoms with Crippen LogP contribution in [0.1, 0.15) is 10.5 Å². The number of pyridine rings is 1. The average Bonchev–Trinajstić information content (AvgIpc) is 3.04. The Morgan fingerprint density at radius 1 is 1.26 bits per heavy atom. The number of H-pyrrole nitrogens is 1. The molecule has 116 valence electrons. The van der Waals surface area contributed by atoms with E-state index in [9.17, 15) is 4.79 Å². The molecule has 1 amide bonds. The topological polar surface area (TPSA) is 76.2 Å². The molecule has 3 aromatic rings. The van der Waals surface area contributed by atoms with Gasteiger partial charge in [0.25, 0.3) is 5.91 Å². The Hall–Kier alpha value is -3.02. The van der Waals surface area contributed by atoms with Gasteiger partial charge in [-0.05, 0) is 30.3 Å². The van der Waals surface area contributed by atoms with Crippen LogP contribution in [0.3, 0.4) is 0 Å². The molecule has 0 saturated carbocycles. The molecule has 23 heavy (non-hydrogen) atoms. The van der Waals surface area contributed by atoms with E-state index in [0.29, 0.717) is 24.6 Å². The number of ether oxygens (including phenoxy) is 2. The van der Waals surface area contributed by atoms with Crippen molar-refractivity contribution in [1.82, 2.24) is 15.3 Å². The molecule has 1 unspecified atom stereocenters. The second-order valence-electron chi connectivity index (χ2n) is 5.33. The third-order valence-corrected chi connectivity index (χ3v) is 3.69. The van der Waals surface area contributed by atoms with Crippen molar-refractivity contribution in [2.45, 2.75) is 6.10 Å². The molecule has 2 N–H and O–H groups in total. The maximum Gasteiger partial charge on any atom is 0.267 e. The normalized spacial score (nSPS) is 16.3. The summed E-state index contributed by atoms with van der Waals surface area (Å²) in [6, 6.07) is 12.9. The summed E-state index contributed by atoms with van der Waals surface area (Å²) in [6.07, 6.45) is 1.49. The summed E-state index contributed by atoms with van der Waals surface area (Å²) in [4.78, 5) is 19.5. The lowest BCUT2D eigenvalue weighted by atomic mass is 10.2. The highest BCUT2D eigenvalue weighted by atomic mass is 16.6. The highest BCUT2D eigenvalue weighted by Crippen LogP contribution is 2.30. The van der Waals surface area contributed by atoms with E-state index in [2.05, 4.69) is 15.3 Å². The third-order valence-electron chi connectivity index (χ3n) is 3.69. The quantitative estimate of drug-likeness (QED) is 0.777. The summed E-state index contributed by atoms with van der Waals surface area (Å²) in [6.45, 7) is 0.779. The number of hydrogen-bond acceptors (Lipinski definition) is 4. The number of amides is 1. The second-order valence-corrected chi connectivity index (χ2v) is 5.33. The predicted molar refractivity (Wildman–Crippen MR) is 84.8 cm³/mol. The van der Waals surface area contributed by atoms with Crippen LogP contribution >= 0.6 is 0 Å². The maximum absolute atomic E-state index is 12.2. The highest BCUT2D eigenvalue weighted by molar-refractivity contribution is 5.97. The van der Waals surface area contributed by atoms with Crippen LogP contribution in [0.15, 0.2) is 48.7 Å². The van der Waals surface area contributed by atoms with Gasteiger partial charge < -0.3 is 19.8 Å². The SMILES string of the molecule is O=C(NCC1COc2ccccc2O1)c1cc2ncccc2[nH]1. The van der Waals surface area contributed by atoms with E-state index in [1.165, 1.54) is 0 Å². The summed E-state index contributed by atoms with van der Waals surface area (Å²) in [5, 5.41) is 2.86. The zero-order valence-corrected chi connectivity index (χ0v) is 12.3. The molecule has 0 aliphatic carbocycles. The van der Waals surface area contributed by atoms with Gasteiger partial charge in [0.15, 0.2) is 11.5 Å². The minimum atomic E-state index is -0.212. The van der Waals surface area contributed by atoms with Crippen LogP contribution in [0.5, 0.6) is 11.5 Å². The third kappa shape index (κ3) is 2.70. The minimum absolute atomic E-state index is 0.189. The molecular weight excluding hydrogens is 294 g/mol. The molecule has 6 heteroatoms. The average molecular weight is 309 g/mol. The number of aromatic amines is 1. The fourth-order valence-corrected chi connectivity index (χ4v) is 2.54. The van der Waals surface area contributed by atoms with Crippen molar-refractivity contribution in [2.24, 2.45) is 0 Å². The Bertz CT molecular complexity index is 826. The zero-order valence-electron chi connectivity index (χ0n) is 12.3. The Kier molecular flexibility index (Phi) is 3.34. The standard InChI is InChI=1S/C17H15N3O3/c21-17(14-8-13-12(20-14)4-3-7-18-13)19-9-11-10-22-15-5-1-2-6-16(15)23-11/h1-8,11,20H,9-10H2,(H,19,21). The first-order valence-corrected chi connectivity index (χ1v) is 7.40. The van der Waals surface area contributed by atoms with Crippen LogP contribution in [-0.2, 0) is 0 Å². The number of hydrogen-bond donors (Lipinski definition) is 2. The van der Waals surface area contributed by atoms with Crippen LogP contribution in [0.25, 0.3) is 11.0 Å². The first kappa shape index (κ1) is 13.6. The first-order chi connectivity index (χ1) is 11.3. The fourth-order valence-electron chi connectivity index (χ4n) is 2.54. The molecule has 0 spiro atoms. The van der Waals surface area contributed by atoms with Crippen molar-refractivity contribution >= 4 is 16.9 Å². The zero-order chi connectivity index (χ0) is 15.6. The van der Waals surface area contributed by atoms with Gasteiger partial charge in [-0.2, -0.15) is 0 Å². The van der Waals surface area contributed by atoms with Crippen LogP contribution in [-0.4, -0.2) is 35.1 Å². The van der Waals surface area contributed by atoms with Crippen LogP contribution < -0.4 is 14.8 Å². The van der Waals surface area contributed by atoms with E-state index in [1.54, 1.807) is 12.3 Å². The summed E-state index contributed by atoms with van der Waals surface area (Å²) < 4.78 is 11.4. The van der Waals surface area contributed by atoms with E-state index >= 15 is 0 Å². The Morgan fingerprint density at radius 3 is 3.00 bits per heavy atom. The minimum Gasteiger partial charge on any atom is -0.486 e. The number of nitrogens with one attached hydrogen (secondary N) is 2.